The quantitative estimate of drug-likeness (QED) is 0.422. The summed E-state index contributed by atoms with van der Waals surface area (Å²) in [5, 5.41) is 13.5. The minimum atomic E-state index is -0.878. The molecule has 182 valence electrons. The van der Waals surface area contributed by atoms with Gasteiger partial charge >= 0.3 is 12.1 Å². The number of carboxylic acid groups (broad SMARTS) is 1. The first-order chi connectivity index (χ1) is 17.0. The summed E-state index contributed by atoms with van der Waals surface area (Å²) < 4.78 is 5.55. The Bertz CT molecular complexity index is 1180. The first-order valence-corrected chi connectivity index (χ1v) is 12.4. The van der Waals surface area contributed by atoms with Crippen molar-refractivity contribution in [1.29, 1.82) is 0 Å². The number of hydrogen-bond donors (Lipinski definition) is 2. The van der Waals surface area contributed by atoms with Gasteiger partial charge in [0.15, 0.2) is 5.13 Å². The summed E-state index contributed by atoms with van der Waals surface area (Å²) in [6.07, 6.45) is -0.0816. The lowest BCUT2D eigenvalue weighted by Crippen LogP contribution is -2.33. The third-order valence-corrected chi connectivity index (χ3v) is 6.80. The standard InChI is InChI=1S/C26H27N3O5S/c1-2-29(13-7-12-24(31)32)23(30)14-17-16-35-25(27-17)28-26(33)34-15-22-20-10-5-3-8-18(20)19-9-4-6-11-21(19)22/h3-6,8-11,16,22H,2,7,12-15H2,1H3,(H,31,32)(H,27,28,33). The van der Waals surface area contributed by atoms with Crippen LogP contribution in [0.25, 0.3) is 11.1 Å². The van der Waals surface area contributed by atoms with E-state index in [0.29, 0.717) is 30.3 Å². The molecule has 0 unspecified atom stereocenters. The number of thiazole rings is 1. The Hall–Kier alpha value is -3.72. The highest BCUT2D eigenvalue weighted by Crippen LogP contribution is 2.44. The Morgan fingerprint density at radius 3 is 2.37 bits per heavy atom. The van der Waals surface area contributed by atoms with E-state index in [9.17, 15) is 14.4 Å². The number of aromatic nitrogens is 1. The third kappa shape index (κ3) is 5.86. The van der Waals surface area contributed by atoms with Gasteiger partial charge in [0.2, 0.25) is 5.91 Å². The number of rotatable bonds is 10. The number of nitrogens with zero attached hydrogens (tertiary/aromatic N) is 2. The summed E-state index contributed by atoms with van der Waals surface area (Å²) in [5.74, 6) is -1.04. The van der Waals surface area contributed by atoms with Crippen LogP contribution in [-0.4, -0.2) is 52.7 Å². The summed E-state index contributed by atoms with van der Waals surface area (Å²) in [7, 11) is 0. The average molecular weight is 494 g/mol. The molecular formula is C26H27N3O5S. The van der Waals surface area contributed by atoms with E-state index in [1.807, 2.05) is 31.2 Å². The molecule has 0 saturated carbocycles. The Morgan fingerprint density at radius 2 is 1.74 bits per heavy atom. The summed E-state index contributed by atoms with van der Waals surface area (Å²) in [4.78, 5) is 41.6. The lowest BCUT2D eigenvalue weighted by Gasteiger charge is -2.20. The van der Waals surface area contributed by atoms with Gasteiger partial charge in [-0.2, -0.15) is 0 Å². The highest BCUT2D eigenvalue weighted by atomic mass is 32.1. The van der Waals surface area contributed by atoms with Crippen LogP contribution in [0.2, 0.25) is 0 Å². The summed E-state index contributed by atoms with van der Waals surface area (Å²) in [6, 6.07) is 16.3. The predicted octanol–water partition coefficient (Wildman–Crippen LogP) is 4.76. The SMILES string of the molecule is CCN(CCCC(=O)O)C(=O)Cc1csc(NC(=O)OCC2c3ccccc3-c3ccccc32)n1. The van der Waals surface area contributed by atoms with Crippen molar-refractivity contribution in [3.05, 3.63) is 70.7 Å². The van der Waals surface area contributed by atoms with Crippen LogP contribution in [0.5, 0.6) is 0 Å². The number of aliphatic carboxylic acids is 1. The number of carboxylic acids is 1. The molecule has 1 heterocycles. The van der Waals surface area contributed by atoms with Crippen molar-refractivity contribution in [3.63, 3.8) is 0 Å². The molecule has 0 bridgehead atoms. The maximum atomic E-state index is 12.5. The second-order valence-corrected chi connectivity index (χ2v) is 9.10. The van der Waals surface area contributed by atoms with Crippen molar-refractivity contribution < 1.29 is 24.2 Å². The predicted molar refractivity (Wildman–Crippen MR) is 134 cm³/mol. The minimum absolute atomic E-state index is 0.0225. The van der Waals surface area contributed by atoms with E-state index in [2.05, 4.69) is 34.6 Å². The van der Waals surface area contributed by atoms with E-state index >= 15 is 0 Å². The summed E-state index contributed by atoms with van der Waals surface area (Å²) in [6.45, 7) is 2.94. The van der Waals surface area contributed by atoms with Crippen molar-refractivity contribution in [2.24, 2.45) is 0 Å². The van der Waals surface area contributed by atoms with Gasteiger partial charge in [0.05, 0.1) is 12.1 Å². The van der Waals surface area contributed by atoms with Crippen LogP contribution in [0, 0.1) is 0 Å². The van der Waals surface area contributed by atoms with Crippen LogP contribution < -0.4 is 5.32 Å². The van der Waals surface area contributed by atoms with Crippen LogP contribution in [0.4, 0.5) is 9.93 Å². The maximum absolute atomic E-state index is 12.5. The number of amides is 2. The maximum Gasteiger partial charge on any atom is 0.413 e. The van der Waals surface area contributed by atoms with E-state index in [4.69, 9.17) is 9.84 Å². The molecule has 2 aromatic carbocycles. The second kappa shape index (κ2) is 11.1. The van der Waals surface area contributed by atoms with Crippen LogP contribution in [0.1, 0.15) is 42.5 Å². The molecule has 1 aromatic heterocycles. The van der Waals surface area contributed by atoms with Gasteiger partial charge in [-0.1, -0.05) is 48.5 Å². The molecule has 0 radical (unpaired) electrons. The molecule has 0 spiro atoms. The van der Waals surface area contributed by atoms with Gasteiger partial charge in [0.1, 0.15) is 6.61 Å². The van der Waals surface area contributed by atoms with E-state index in [0.717, 1.165) is 22.3 Å². The molecule has 8 nitrogen and oxygen atoms in total. The van der Waals surface area contributed by atoms with Crippen molar-refractivity contribution in [1.82, 2.24) is 9.88 Å². The molecule has 2 N–H and O–H groups in total. The molecule has 0 aliphatic heterocycles. The fraction of sp³-hybridized carbons (Fsp3) is 0.308. The van der Waals surface area contributed by atoms with Crippen LogP contribution >= 0.6 is 11.3 Å². The monoisotopic (exact) mass is 493 g/mol. The molecule has 1 aliphatic rings. The minimum Gasteiger partial charge on any atom is -0.481 e. The van der Waals surface area contributed by atoms with Gasteiger partial charge < -0.3 is 14.7 Å². The first kappa shape index (κ1) is 24.4. The van der Waals surface area contributed by atoms with Crippen LogP contribution in [0.3, 0.4) is 0 Å². The molecule has 2 amide bonds. The number of fused-ring (bicyclic) bond motifs is 3. The Labute approximate surface area is 207 Å². The highest BCUT2D eigenvalue weighted by Gasteiger charge is 2.29. The van der Waals surface area contributed by atoms with Gasteiger partial charge in [0, 0.05) is 30.8 Å². The van der Waals surface area contributed by atoms with Gasteiger partial charge in [-0.25, -0.2) is 9.78 Å². The fourth-order valence-electron chi connectivity index (χ4n) is 4.31. The first-order valence-electron chi connectivity index (χ1n) is 11.5. The number of ether oxygens (including phenoxy) is 1. The Kier molecular flexibility index (Phi) is 7.77. The molecule has 1 aliphatic carbocycles. The zero-order valence-corrected chi connectivity index (χ0v) is 20.2. The molecular weight excluding hydrogens is 466 g/mol. The van der Waals surface area contributed by atoms with Crippen molar-refractivity contribution in [2.45, 2.75) is 32.1 Å². The van der Waals surface area contributed by atoms with Crippen molar-refractivity contribution in [2.75, 3.05) is 25.0 Å². The van der Waals surface area contributed by atoms with Gasteiger partial charge in [0.25, 0.3) is 0 Å². The largest absolute Gasteiger partial charge is 0.481 e. The number of benzene rings is 2. The van der Waals surface area contributed by atoms with Crippen LogP contribution in [-0.2, 0) is 20.7 Å². The lowest BCUT2D eigenvalue weighted by molar-refractivity contribution is -0.138. The molecule has 0 fully saturated rings. The average Bonchev–Trinajstić information content (AvgIpc) is 3.42. The van der Waals surface area contributed by atoms with E-state index < -0.39 is 12.1 Å². The molecule has 0 atom stereocenters. The van der Waals surface area contributed by atoms with Crippen molar-refractivity contribution in [3.8, 4) is 11.1 Å². The molecule has 9 heteroatoms. The smallest absolute Gasteiger partial charge is 0.413 e. The van der Waals surface area contributed by atoms with E-state index in [-0.39, 0.29) is 31.3 Å². The van der Waals surface area contributed by atoms with Crippen LogP contribution in [0.15, 0.2) is 53.9 Å². The number of carbonyl (C=O) groups excluding carboxylic acids is 2. The van der Waals surface area contributed by atoms with Gasteiger partial charge in [-0.3, -0.25) is 14.9 Å². The van der Waals surface area contributed by atoms with E-state index in [1.54, 1.807) is 10.3 Å². The van der Waals surface area contributed by atoms with E-state index in [1.165, 1.54) is 11.3 Å². The highest BCUT2D eigenvalue weighted by molar-refractivity contribution is 7.13. The molecule has 4 rings (SSSR count). The number of anilines is 1. The normalized spacial score (nSPS) is 12.0. The Morgan fingerprint density at radius 1 is 1.09 bits per heavy atom. The Balaban J connectivity index is 1.30. The summed E-state index contributed by atoms with van der Waals surface area (Å²) >= 11 is 1.22. The van der Waals surface area contributed by atoms with Gasteiger partial charge in [-0.05, 0) is 35.6 Å². The zero-order valence-electron chi connectivity index (χ0n) is 19.4. The topological polar surface area (TPSA) is 109 Å². The molecule has 3 aromatic rings. The summed E-state index contributed by atoms with van der Waals surface area (Å²) in [5.41, 5.74) is 5.15. The second-order valence-electron chi connectivity index (χ2n) is 8.24. The fourth-order valence-corrected chi connectivity index (χ4v) is 5.01. The third-order valence-electron chi connectivity index (χ3n) is 5.99. The molecule has 0 saturated heterocycles. The number of hydrogen-bond acceptors (Lipinski definition) is 6. The number of carbonyl (C=O) groups is 3. The number of likely N-dealkylation sites (N-methyl/N-ethyl adjacent to an activating group) is 1. The van der Waals surface area contributed by atoms with Gasteiger partial charge in [-0.15, -0.1) is 11.3 Å². The zero-order chi connectivity index (χ0) is 24.8. The number of nitrogens with one attached hydrogen (secondary N) is 1. The van der Waals surface area contributed by atoms with Crippen molar-refractivity contribution >= 4 is 34.4 Å². The molecule has 35 heavy (non-hydrogen) atoms. The lowest BCUT2D eigenvalue weighted by atomic mass is 9.98.